The summed E-state index contributed by atoms with van der Waals surface area (Å²) in [4.78, 5) is 16.3. The fraction of sp³-hybridized carbons (Fsp3) is 0.600. The van der Waals surface area contributed by atoms with Gasteiger partial charge in [-0.25, -0.2) is 4.98 Å². The topological polar surface area (TPSA) is 62.2 Å². The lowest BCUT2D eigenvalue weighted by Gasteiger charge is -2.26. The lowest BCUT2D eigenvalue weighted by Crippen LogP contribution is -2.48. The second kappa shape index (κ2) is 4.72. The van der Waals surface area contributed by atoms with E-state index in [1.54, 1.807) is 6.20 Å². The highest BCUT2D eigenvalue weighted by molar-refractivity contribution is 7.13. The molecule has 0 aromatic carbocycles. The molecule has 0 radical (unpaired) electrons. The highest BCUT2D eigenvalue weighted by Crippen LogP contribution is 2.14. The summed E-state index contributed by atoms with van der Waals surface area (Å²) >= 11 is 1.35. The first kappa shape index (κ1) is 12.1. The zero-order valence-electron chi connectivity index (χ0n) is 9.20. The van der Waals surface area contributed by atoms with E-state index in [0.29, 0.717) is 11.3 Å². The molecule has 0 bridgehead atoms. The van der Waals surface area contributed by atoms with Crippen LogP contribution in [0.1, 0.15) is 34.9 Å². The number of hydrogen-bond acceptors (Lipinski definition) is 4. The molecule has 84 valence electrons. The molecule has 5 heteroatoms. The van der Waals surface area contributed by atoms with Crippen LogP contribution in [-0.4, -0.2) is 28.1 Å². The van der Waals surface area contributed by atoms with Gasteiger partial charge in [-0.3, -0.25) is 4.79 Å². The number of aryl methyl sites for hydroxylation is 1. The van der Waals surface area contributed by atoms with Gasteiger partial charge in [0.15, 0.2) is 0 Å². The molecule has 1 heterocycles. The quantitative estimate of drug-likeness (QED) is 0.817. The van der Waals surface area contributed by atoms with Crippen molar-refractivity contribution in [3.8, 4) is 0 Å². The van der Waals surface area contributed by atoms with Crippen LogP contribution in [0.3, 0.4) is 0 Å². The number of aliphatic hydroxyl groups excluding tert-OH is 1. The predicted molar refractivity (Wildman–Crippen MR) is 60.1 cm³/mol. The third-order valence-electron chi connectivity index (χ3n) is 2.39. The van der Waals surface area contributed by atoms with Crippen molar-refractivity contribution in [3.05, 3.63) is 16.1 Å². The van der Waals surface area contributed by atoms with E-state index < -0.39 is 5.54 Å². The molecule has 0 saturated carbocycles. The van der Waals surface area contributed by atoms with E-state index in [-0.39, 0.29) is 12.5 Å². The molecule has 0 aliphatic carbocycles. The third kappa shape index (κ3) is 3.00. The van der Waals surface area contributed by atoms with Crippen LogP contribution < -0.4 is 5.32 Å². The van der Waals surface area contributed by atoms with Crippen molar-refractivity contribution >= 4 is 17.2 Å². The second-order valence-corrected chi connectivity index (χ2v) is 5.00. The maximum absolute atomic E-state index is 11.7. The average molecular weight is 228 g/mol. The van der Waals surface area contributed by atoms with Gasteiger partial charge in [-0.15, -0.1) is 11.3 Å². The van der Waals surface area contributed by atoms with Crippen LogP contribution >= 0.6 is 11.3 Å². The molecule has 0 spiro atoms. The first-order valence-electron chi connectivity index (χ1n) is 4.86. The van der Waals surface area contributed by atoms with Crippen LogP contribution in [-0.2, 0) is 0 Å². The number of hydrogen-bond donors (Lipinski definition) is 2. The van der Waals surface area contributed by atoms with Gasteiger partial charge in [0.05, 0.1) is 23.4 Å². The average Bonchev–Trinajstić information content (AvgIpc) is 2.65. The molecule has 1 aromatic heterocycles. The van der Waals surface area contributed by atoms with Gasteiger partial charge in [-0.05, 0) is 20.3 Å². The number of rotatable bonds is 4. The zero-order valence-corrected chi connectivity index (χ0v) is 10.0. The molecule has 15 heavy (non-hydrogen) atoms. The summed E-state index contributed by atoms with van der Waals surface area (Å²) in [7, 11) is 0. The maximum atomic E-state index is 11.7. The monoisotopic (exact) mass is 228 g/mol. The van der Waals surface area contributed by atoms with Gasteiger partial charge in [-0.1, -0.05) is 6.92 Å². The van der Waals surface area contributed by atoms with Gasteiger partial charge in [0, 0.05) is 0 Å². The molecular weight excluding hydrogens is 212 g/mol. The van der Waals surface area contributed by atoms with E-state index in [1.165, 1.54) is 11.3 Å². The van der Waals surface area contributed by atoms with E-state index >= 15 is 0 Å². The van der Waals surface area contributed by atoms with Crippen molar-refractivity contribution in [2.45, 2.75) is 32.7 Å². The fourth-order valence-electron chi connectivity index (χ4n) is 1.04. The van der Waals surface area contributed by atoms with Gasteiger partial charge in [-0.2, -0.15) is 0 Å². The summed E-state index contributed by atoms with van der Waals surface area (Å²) in [6.07, 6.45) is 2.25. The van der Waals surface area contributed by atoms with E-state index in [2.05, 4.69) is 10.3 Å². The number of aromatic nitrogens is 1. The van der Waals surface area contributed by atoms with Crippen molar-refractivity contribution in [2.75, 3.05) is 6.61 Å². The summed E-state index contributed by atoms with van der Waals surface area (Å²) in [5, 5.41) is 12.8. The first-order chi connectivity index (χ1) is 7.00. The Hall–Kier alpha value is -0.940. The van der Waals surface area contributed by atoms with Crippen LogP contribution in [0.15, 0.2) is 6.20 Å². The Labute approximate surface area is 93.4 Å². The standard InChI is InChI=1S/C10H16N2O2S/c1-4-10(3,6-13)12-9(14)8-5-11-7(2)15-8/h5,13H,4,6H2,1-3H3,(H,12,14). The van der Waals surface area contributed by atoms with E-state index in [4.69, 9.17) is 5.11 Å². The van der Waals surface area contributed by atoms with Crippen LogP contribution in [0, 0.1) is 6.92 Å². The van der Waals surface area contributed by atoms with Gasteiger partial charge in [0.25, 0.3) is 5.91 Å². The third-order valence-corrected chi connectivity index (χ3v) is 3.30. The smallest absolute Gasteiger partial charge is 0.263 e. The molecule has 1 atom stereocenters. The van der Waals surface area contributed by atoms with Gasteiger partial charge in [0.1, 0.15) is 4.88 Å². The molecule has 1 aromatic rings. The summed E-state index contributed by atoms with van der Waals surface area (Å²) in [5.41, 5.74) is -0.547. The van der Waals surface area contributed by atoms with Gasteiger partial charge < -0.3 is 10.4 Å². The SMILES string of the molecule is CCC(C)(CO)NC(=O)c1cnc(C)s1. The Morgan fingerprint density at radius 2 is 2.40 bits per heavy atom. The summed E-state index contributed by atoms with van der Waals surface area (Å²) < 4.78 is 0. The summed E-state index contributed by atoms with van der Waals surface area (Å²) in [6, 6.07) is 0. The number of carbonyl (C=O) groups excluding carboxylic acids is 1. The van der Waals surface area contributed by atoms with Crippen LogP contribution in [0.2, 0.25) is 0 Å². The number of thiazole rings is 1. The van der Waals surface area contributed by atoms with Gasteiger partial charge in [0.2, 0.25) is 0 Å². The van der Waals surface area contributed by atoms with Crippen molar-refractivity contribution < 1.29 is 9.90 Å². The van der Waals surface area contributed by atoms with E-state index in [0.717, 1.165) is 5.01 Å². The number of aliphatic hydroxyl groups is 1. The molecule has 0 aliphatic heterocycles. The molecule has 0 fully saturated rings. The minimum atomic E-state index is -0.547. The molecule has 4 nitrogen and oxygen atoms in total. The highest BCUT2D eigenvalue weighted by Gasteiger charge is 2.24. The zero-order chi connectivity index (χ0) is 11.5. The molecular formula is C10H16N2O2S. The first-order valence-corrected chi connectivity index (χ1v) is 5.68. The minimum absolute atomic E-state index is 0.0625. The Balaban J connectivity index is 2.71. The fourth-order valence-corrected chi connectivity index (χ4v) is 1.71. The summed E-state index contributed by atoms with van der Waals surface area (Å²) in [6.45, 7) is 5.53. The molecule has 0 aliphatic rings. The van der Waals surface area contributed by atoms with Gasteiger partial charge >= 0.3 is 0 Å². The highest BCUT2D eigenvalue weighted by atomic mass is 32.1. The van der Waals surface area contributed by atoms with Crippen LogP contribution in [0.5, 0.6) is 0 Å². The Morgan fingerprint density at radius 1 is 1.73 bits per heavy atom. The van der Waals surface area contributed by atoms with Crippen molar-refractivity contribution in [3.63, 3.8) is 0 Å². The lowest BCUT2D eigenvalue weighted by atomic mass is 10.0. The maximum Gasteiger partial charge on any atom is 0.263 e. The molecule has 2 N–H and O–H groups in total. The molecule has 1 rings (SSSR count). The number of nitrogens with zero attached hydrogens (tertiary/aromatic N) is 1. The lowest BCUT2D eigenvalue weighted by molar-refractivity contribution is 0.0851. The second-order valence-electron chi connectivity index (χ2n) is 3.77. The Bertz CT molecular complexity index is 345. The van der Waals surface area contributed by atoms with Crippen molar-refractivity contribution in [1.82, 2.24) is 10.3 Å². The van der Waals surface area contributed by atoms with Crippen molar-refractivity contribution in [1.29, 1.82) is 0 Å². The number of carbonyl (C=O) groups is 1. The molecule has 1 unspecified atom stereocenters. The largest absolute Gasteiger partial charge is 0.394 e. The Morgan fingerprint density at radius 3 is 2.80 bits per heavy atom. The van der Waals surface area contributed by atoms with E-state index in [9.17, 15) is 4.79 Å². The molecule has 1 amide bonds. The predicted octanol–water partition coefficient (Wildman–Crippen LogP) is 1.34. The number of nitrogens with one attached hydrogen (secondary N) is 1. The molecule has 0 saturated heterocycles. The minimum Gasteiger partial charge on any atom is -0.394 e. The van der Waals surface area contributed by atoms with Crippen LogP contribution in [0.4, 0.5) is 0 Å². The Kier molecular flexibility index (Phi) is 3.82. The number of amides is 1. The van der Waals surface area contributed by atoms with E-state index in [1.807, 2.05) is 20.8 Å². The van der Waals surface area contributed by atoms with Crippen molar-refractivity contribution in [2.24, 2.45) is 0 Å². The normalized spacial score (nSPS) is 14.7. The summed E-state index contributed by atoms with van der Waals surface area (Å²) in [5.74, 6) is -0.168. The van der Waals surface area contributed by atoms with Crippen LogP contribution in [0.25, 0.3) is 0 Å².